The zero-order chi connectivity index (χ0) is 16.1. The molecule has 2 aromatic heterocycles. The summed E-state index contributed by atoms with van der Waals surface area (Å²) in [5, 5.41) is 4.51. The molecule has 3 heterocycles. The van der Waals surface area contributed by atoms with Crippen LogP contribution in [0.2, 0.25) is 0 Å². The maximum absolute atomic E-state index is 5.08. The Hall–Kier alpha value is -1.80. The summed E-state index contributed by atoms with van der Waals surface area (Å²) in [5.41, 5.74) is 0.974. The lowest BCUT2D eigenvalue weighted by atomic mass is 10.1. The fraction of sp³-hybridized carbons (Fsp3) is 0.600. The third-order valence-electron chi connectivity index (χ3n) is 3.83. The molecule has 1 N–H and O–H groups in total. The molecule has 0 amide bonds. The summed E-state index contributed by atoms with van der Waals surface area (Å²) in [4.78, 5) is 15.4. The average Bonchev–Trinajstić information content (AvgIpc) is 3.02. The van der Waals surface area contributed by atoms with Crippen molar-refractivity contribution >= 4 is 22.5 Å². The smallest absolute Gasteiger partial charge is 0.205 e. The number of piperidine rings is 1. The minimum Gasteiger partial charge on any atom is -0.384 e. The molecule has 1 aliphatic heterocycles. The fourth-order valence-corrected chi connectivity index (χ4v) is 3.43. The highest BCUT2D eigenvalue weighted by Crippen LogP contribution is 2.23. The first-order valence-corrected chi connectivity index (χ1v) is 8.63. The lowest BCUT2D eigenvalue weighted by Crippen LogP contribution is -2.42. The van der Waals surface area contributed by atoms with Crippen LogP contribution in [0.3, 0.4) is 0 Å². The first-order valence-electron chi connectivity index (χ1n) is 7.86. The van der Waals surface area contributed by atoms with Gasteiger partial charge >= 0.3 is 0 Å². The molecule has 3 rings (SSSR count). The van der Waals surface area contributed by atoms with Crippen LogP contribution >= 0.6 is 11.5 Å². The largest absolute Gasteiger partial charge is 0.384 e. The number of aromatic nitrogens is 4. The van der Waals surface area contributed by atoms with Crippen LogP contribution in [0.5, 0.6) is 0 Å². The predicted octanol–water partition coefficient (Wildman–Crippen LogP) is 1.91. The van der Waals surface area contributed by atoms with E-state index in [2.05, 4.69) is 29.5 Å². The maximum atomic E-state index is 5.08. The van der Waals surface area contributed by atoms with Gasteiger partial charge in [0.25, 0.3) is 0 Å². The van der Waals surface area contributed by atoms with Crippen molar-refractivity contribution in [1.82, 2.24) is 19.3 Å². The Morgan fingerprint density at radius 2 is 2.35 bits per heavy atom. The number of nitrogens with zero attached hydrogens (tertiary/aromatic N) is 5. The van der Waals surface area contributed by atoms with E-state index in [0.29, 0.717) is 12.6 Å². The molecule has 7 nitrogen and oxygen atoms in total. The number of nitrogens with one attached hydrogen (secondary N) is 1. The number of hydrogen-bond donors (Lipinski definition) is 1. The number of ether oxygens (including phenoxy) is 1. The van der Waals surface area contributed by atoms with E-state index in [4.69, 9.17) is 4.74 Å². The molecule has 124 valence electrons. The summed E-state index contributed by atoms with van der Waals surface area (Å²) < 4.78 is 9.50. The van der Waals surface area contributed by atoms with Crippen LogP contribution in [0.1, 0.15) is 24.4 Å². The normalized spacial score (nSPS) is 18.2. The molecule has 0 spiro atoms. The highest BCUT2D eigenvalue weighted by molar-refractivity contribution is 7.09. The zero-order valence-corrected chi connectivity index (χ0v) is 14.3. The van der Waals surface area contributed by atoms with Crippen LogP contribution in [0, 0.1) is 6.92 Å². The molecule has 0 radical (unpaired) electrons. The molecule has 0 bridgehead atoms. The summed E-state index contributed by atoms with van der Waals surface area (Å²) in [6, 6.07) is 2.34. The van der Waals surface area contributed by atoms with Crippen molar-refractivity contribution in [3.05, 3.63) is 23.9 Å². The summed E-state index contributed by atoms with van der Waals surface area (Å²) >= 11 is 1.47. The molecule has 0 aromatic carbocycles. The Morgan fingerprint density at radius 3 is 3.17 bits per heavy atom. The second-order valence-electron chi connectivity index (χ2n) is 5.71. The van der Waals surface area contributed by atoms with E-state index in [0.717, 1.165) is 54.8 Å². The van der Waals surface area contributed by atoms with Gasteiger partial charge in [0, 0.05) is 56.0 Å². The first-order chi connectivity index (χ1) is 11.2. The third-order valence-corrected chi connectivity index (χ3v) is 4.65. The number of rotatable bonds is 6. The van der Waals surface area contributed by atoms with Gasteiger partial charge in [-0.15, -0.1) is 0 Å². The molecular formula is C15H22N6OS. The molecule has 0 aliphatic carbocycles. The third kappa shape index (κ3) is 4.35. The highest BCUT2D eigenvalue weighted by atomic mass is 32.1. The van der Waals surface area contributed by atoms with Crippen LogP contribution in [-0.4, -0.2) is 52.2 Å². The lowest BCUT2D eigenvalue weighted by molar-refractivity contribution is 0.201. The van der Waals surface area contributed by atoms with Crippen LogP contribution in [0.25, 0.3) is 0 Å². The molecule has 1 aliphatic rings. The van der Waals surface area contributed by atoms with Gasteiger partial charge in [-0.25, -0.2) is 15.0 Å². The van der Waals surface area contributed by atoms with E-state index < -0.39 is 0 Å². The van der Waals surface area contributed by atoms with Gasteiger partial charge in [0.2, 0.25) is 5.13 Å². The molecule has 23 heavy (non-hydrogen) atoms. The Kier molecular flexibility index (Phi) is 5.35. The van der Waals surface area contributed by atoms with Crippen LogP contribution in [0.15, 0.2) is 12.4 Å². The number of methoxy groups -OCH3 is 1. The van der Waals surface area contributed by atoms with Gasteiger partial charge in [0.15, 0.2) is 0 Å². The van der Waals surface area contributed by atoms with Gasteiger partial charge in [-0.1, -0.05) is 0 Å². The Labute approximate surface area is 140 Å². The monoisotopic (exact) mass is 334 g/mol. The van der Waals surface area contributed by atoms with Gasteiger partial charge in [0.05, 0.1) is 6.61 Å². The summed E-state index contributed by atoms with van der Waals surface area (Å²) in [6.45, 7) is 4.58. The van der Waals surface area contributed by atoms with Crippen molar-refractivity contribution in [2.75, 3.05) is 37.0 Å². The van der Waals surface area contributed by atoms with Crippen molar-refractivity contribution in [1.29, 1.82) is 0 Å². The van der Waals surface area contributed by atoms with E-state index >= 15 is 0 Å². The molecule has 1 saturated heterocycles. The van der Waals surface area contributed by atoms with Crippen LogP contribution in [0.4, 0.5) is 10.9 Å². The van der Waals surface area contributed by atoms with E-state index in [1.807, 2.05) is 13.0 Å². The molecule has 1 fully saturated rings. The van der Waals surface area contributed by atoms with Gasteiger partial charge < -0.3 is 15.0 Å². The van der Waals surface area contributed by atoms with Gasteiger partial charge in [-0.3, -0.25) is 0 Å². The van der Waals surface area contributed by atoms with E-state index in [9.17, 15) is 0 Å². The minimum absolute atomic E-state index is 0.365. The summed E-state index contributed by atoms with van der Waals surface area (Å²) in [6.07, 6.45) is 4.64. The number of anilines is 2. The van der Waals surface area contributed by atoms with Crippen molar-refractivity contribution in [2.24, 2.45) is 0 Å². The molecule has 8 heteroatoms. The molecule has 2 aromatic rings. The van der Waals surface area contributed by atoms with Gasteiger partial charge in [-0.2, -0.15) is 4.37 Å². The van der Waals surface area contributed by atoms with E-state index in [1.165, 1.54) is 11.5 Å². The van der Waals surface area contributed by atoms with Crippen molar-refractivity contribution < 1.29 is 4.74 Å². The number of hydrogen-bond acceptors (Lipinski definition) is 8. The summed E-state index contributed by atoms with van der Waals surface area (Å²) in [5.74, 6) is 1.76. The average molecular weight is 334 g/mol. The van der Waals surface area contributed by atoms with Crippen molar-refractivity contribution in [2.45, 2.75) is 32.2 Å². The van der Waals surface area contributed by atoms with E-state index in [1.54, 1.807) is 13.4 Å². The quantitative estimate of drug-likeness (QED) is 0.864. The van der Waals surface area contributed by atoms with Gasteiger partial charge in [0.1, 0.15) is 18.0 Å². The predicted molar refractivity (Wildman–Crippen MR) is 91.1 cm³/mol. The summed E-state index contributed by atoms with van der Waals surface area (Å²) in [7, 11) is 1.70. The second-order valence-corrected chi connectivity index (χ2v) is 6.44. The minimum atomic E-state index is 0.365. The molecular weight excluding hydrogens is 312 g/mol. The first kappa shape index (κ1) is 16.1. The maximum Gasteiger partial charge on any atom is 0.205 e. The lowest BCUT2D eigenvalue weighted by Gasteiger charge is -2.32. The highest BCUT2D eigenvalue weighted by Gasteiger charge is 2.22. The van der Waals surface area contributed by atoms with Crippen molar-refractivity contribution in [3.63, 3.8) is 0 Å². The Morgan fingerprint density at radius 1 is 1.43 bits per heavy atom. The van der Waals surface area contributed by atoms with Crippen molar-refractivity contribution in [3.8, 4) is 0 Å². The second kappa shape index (κ2) is 7.65. The Balaban J connectivity index is 1.60. The molecule has 0 saturated carbocycles. The number of aryl methyl sites for hydroxylation is 1. The Bertz CT molecular complexity index is 634. The fourth-order valence-electron chi connectivity index (χ4n) is 2.68. The SMILES string of the molecule is COCCc1nsc(N2CCCC(Nc3cc(C)ncn3)C2)n1. The topological polar surface area (TPSA) is 76.1 Å². The standard InChI is InChI=1S/C15H22N6OS/c1-11-8-14(17-10-16-11)18-12-4-3-6-21(9-12)15-19-13(20-23-15)5-7-22-2/h8,10,12H,3-7,9H2,1-2H3,(H,16,17,18). The molecule has 1 unspecified atom stereocenters. The van der Waals surface area contributed by atoms with Crippen LogP contribution in [-0.2, 0) is 11.2 Å². The molecule has 1 atom stereocenters. The van der Waals surface area contributed by atoms with E-state index in [-0.39, 0.29) is 0 Å². The van der Waals surface area contributed by atoms with Crippen LogP contribution < -0.4 is 10.2 Å². The van der Waals surface area contributed by atoms with Gasteiger partial charge in [-0.05, 0) is 19.8 Å². The zero-order valence-electron chi connectivity index (χ0n) is 13.5.